The molecule has 1 aliphatic carbocycles. The van der Waals surface area contributed by atoms with E-state index in [2.05, 4.69) is 43.5 Å². The van der Waals surface area contributed by atoms with Crippen LogP contribution in [0.1, 0.15) is 30.0 Å². The van der Waals surface area contributed by atoms with Gasteiger partial charge in [-0.05, 0) is 79.4 Å². The van der Waals surface area contributed by atoms with E-state index < -0.39 is 0 Å². The Morgan fingerprint density at radius 2 is 2.00 bits per heavy atom. The summed E-state index contributed by atoms with van der Waals surface area (Å²) in [5.41, 5.74) is 12.1. The first-order valence-corrected chi connectivity index (χ1v) is 13.0. The van der Waals surface area contributed by atoms with E-state index in [0.717, 1.165) is 48.2 Å². The Bertz CT molecular complexity index is 1610. The highest BCUT2D eigenvalue weighted by molar-refractivity contribution is 5.83. The zero-order valence-corrected chi connectivity index (χ0v) is 20.8. The third-order valence-electron chi connectivity index (χ3n) is 7.64. The number of aryl methyl sites for hydroxylation is 1. The normalized spacial score (nSPS) is 21.1. The van der Waals surface area contributed by atoms with E-state index in [1.807, 2.05) is 36.5 Å². The maximum Gasteiger partial charge on any atom is 0.167 e. The molecule has 1 aromatic carbocycles. The largest absolute Gasteiger partial charge is 0.390 e. The molecule has 4 aromatic heterocycles. The minimum Gasteiger partial charge on any atom is -0.390 e. The molecule has 10 heteroatoms. The molecule has 0 bridgehead atoms. The van der Waals surface area contributed by atoms with E-state index in [9.17, 15) is 5.11 Å². The molecule has 0 amide bonds. The quantitative estimate of drug-likeness (QED) is 0.285. The Morgan fingerprint density at radius 1 is 1.05 bits per heavy atom. The minimum absolute atomic E-state index is 0.106. The van der Waals surface area contributed by atoms with Crippen LogP contribution in [0.25, 0.3) is 34.1 Å². The summed E-state index contributed by atoms with van der Waals surface area (Å²) in [7, 11) is 0. The zero-order valence-electron chi connectivity index (χ0n) is 20.8. The van der Waals surface area contributed by atoms with Gasteiger partial charge in [0.15, 0.2) is 17.3 Å². The average molecular weight is 508 g/mol. The van der Waals surface area contributed by atoms with Crippen LogP contribution < -0.4 is 16.4 Å². The first-order chi connectivity index (χ1) is 18.7. The van der Waals surface area contributed by atoms with Gasteiger partial charge in [-0.1, -0.05) is 6.07 Å². The van der Waals surface area contributed by atoms with Crippen molar-refractivity contribution < 1.29 is 5.11 Å². The van der Waals surface area contributed by atoms with Gasteiger partial charge < -0.3 is 21.5 Å². The van der Waals surface area contributed by atoms with Gasteiger partial charge in [-0.3, -0.25) is 4.57 Å². The summed E-state index contributed by atoms with van der Waals surface area (Å²) < 4.78 is 3.80. The van der Waals surface area contributed by atoms with Crippen LogP contribution in [-0.4, -0.2) is 59.6 Å². The number of nitrogens with zero attached hydrogens (tertiary/aromatic N) is 6. The van der Waals surface area contributed by atoms with Gasteiger partial charge >= 0.3 is 0 Å². The zero-order chi connectivity index (χ0) is 25.6. The van der Waals surface area contributed by atoms with E-state index in [1.54, 1.807) is 17.1 Å². The van der Waals surface area contributed by atoms with Gasteiger partial charge in [0.25, 0.3) is 0 Å². The lowest BCUT2D eigenvalue weighted by molar-refractivity contribution is 0.0963. The number of aliphatic hydroxyl groups is 1. The molecule has 38 heavy (non-hydrogen) atoms. The Labute approximate surface area is 219 Å². The predicted molar refractivity (Wildman–Crippen MR) is 145 cm³/mol. The Kier molecular flexibility index (Phi) is 5.65. The van der Waals surface area contributed by atoms with E-state index in [4.69, 9.17) is 15.7 Å². The van der Waals surface area contributed by atoms with Crippen LogP contribution in [0.4, 0.5) is 5.82 Å². The number of benzene rings is 1. The number of fused-ring (bicyclic) bond motifs is 2. The highest BCUT2D eigenvalue weighted by atomic mass is 16.3. The highest BCUT2D eigenvalue weighted by Crippen LogP contribution is 2.36. The van der Waals surface area contributed by atoms with E-state index in [1.165, 1.54) is 11.1 Å². The molecular weight excluding hydrogens is 478 g/mol. The van der Waals surface area contributed by atoms with Crippen LogP contribution in [0, 0.1) is 0 Å². The molecule has 192 valence electrons. The monoisotopic (exact) mass is 507 g/mol. The van der Waals surface area contributed by atoms with Crippen LogP contribution in [0.15, 0.2) is 67.1 Å². The number of pyridine rings is 2. The summed E-state index contributed by atoms with van der Waals surface area (Å²) in [6.07, 6.45) is 7.81. The number of hydrogen-bond acceptors (Lipinski definition) is 8. The lowest BCUT2D eigenvalue weighted by Crippen LogP contribution is -2.51. The van der Waals surface area contributed by atoms with Crippen molar-refractivity contribution in [2.75, 3.05) is 18.8 Å². The lowest BCUT2D eigenvalue weighted by atomic mass is 10.0. The van der Waals surface area contributed by atoms with Gasteiger partial charge in [0, 0.05) is 42.9 Å². The molecule has 5 aromatic rings. The predicted octanol–water partition coefficient (Wildman–Crippen LogP) is 2.55. The Hall–Kier alpha value is -4.12. The van der Waals surface area contributed by atoms with Crippen molar-refractivity contribution in [2.45, 2.75) is 37.5 Å². The van der Waals surface area contributed by atoms with Gasteiger partial charge in [0.05, 0.1) is 11.7 Å². The number of aliphatic hydroxyl groups excluding tert-OH is 1. The fourth-order valence-corrected chi connectivity index (χ4v) is 5.72. The number of β-amino-alcohol motifs (C(OH)–C–C–N with tert-alkyl or cyclic N) is 1. The van der Waals surface area contributed by atoms with Crippen LogP contribution >= 0.6 is 0 Å². The number of nitrogen functional groups attached to an aromatic ring is 1. The van der Waals surface area contributed by atoms with E-state index >= 15 is 0 Å². The van der Waals surface area contributed by atoms with Crippen molar-refractivity contribution in [1.29, 1.82) is 0 Å². The third-order valence-corrected chi connectivity index (χ3v) is 7.64. The van der Waals surface area contributed by atoms with Gasteiger partial charge in [-0.2, -0.15) is 5.10 Å². The van der Waals surface area contributed by atoms with Crippen LogP contribution in [0.5, 0.6) is 0 Å². The van der Waals surface area contributed by atoms with Gasteiger partial charge in [-0.25, -0.2) is 19.6 Å². The SMILES string of the molecule is Nc1ncccc1-c1nc2ccc(-n3cccn3)nc2n1-c1ccc2c(c1)CC[C@@H]2NC1CCNCC1O. The van der Waals surface area contributed by atoms with Crippen molar-refractivity contribution in [1.82, 2.24) is 39.9 Å². The molecule has 0 saturated carbocycles. The molecule has 1 aliphatic heterocycles. The number of imidazole rings is 1. The molecule has 0 radical (unpaired) electrons. The van der Waals surface area contributed by atoms with Gasteiger partial charge in [0.2, 0.25) is 0 Å². The summed E-state index contributed by atoms with van der Waals surface area (Å²) in [4.78, 5) is 14.2. The summed E-state index contributed by atoms with van der Waals surface area (Å²) in [6.45, 7) is 1.56. The van der Waals surface area contributed by atoms with Crippen molar-refractivity contribution in [3.8, 4) is 22.9 Å². The first kappa shape index (κ1) is 23.0. The number of aromatic nitrogens is 6. The van der Waals surface area contributed by atoms with Crippen LogP contribution in [-0.2, 0) is 6.42 Å². The van der Waals surface area contributed by atoms with E-state index in [-0.39, 0.29) is 18.2 Å². The van der Waals surface area contributed by atoms with Crippen LogP contribution in [0.2, 0.25) is 0 Å². The molecule has 2 unspecified atom stereocenters. The second-order valence-electron chi connectivity index (χ2n) is 9.98. The van der Waals surface area contributed by atoms with Crippen molar-refractivity contribution in [3.05, 3.63) is 78.2 Å². The summed E-state index contributed by atoms with van der Waals surface area (Å²) in [5, 5.41) is 21.8. The molecule has 7 rings (SSSR count). The number of piperidine rings is 1. The summed E-state index contributed by atoms with van der Waals surface area (Å²) in [5.74, 6) is 1.82. The smallest absolute Gasteiger partial charge is 0.167 e. The summed E-state index contributed by atoms with van der Waals surface area (Å²) in [6, 6.07) is 16.4. The standard InChI is InChI=1S/C28H29N9O/c29-26-20(3-1-11-31-26)27-34-23-8-9-25(36-14-2-12-32-36)35-28(23)37(27)18-5-6-19-17(15-18)4-7-21(19)33-22-10-13-30-16-24(22)38/h1-3,5-6,8-9,11-12,14-15,21-22,24,30,33,38H,4,7,10,13,16H2,(H2,29,31)/t21-,22?,24?/m0/s1. The molecule has 3 atom stereocenters. The second-order valence-corrected chi connectivity index (χ2v) is 9.98. The van der Waals surface area contributed by atoms with Gasteiger partial charge in [-0.15, -0.1) is 0 Å². The molecular formula is C28H29N9O. The Morgan fingerprint density at radius 3 is 2.84 bits per heavy atom. The number of rotatable bonds is 5. The first-order valence-electron chi connectivity index (χ1n) is 13.0. The fraction of sp³-hybridized carbons (Fsp3) is 0.286. The van der Waals surface area contributed by atoms with E-state index in [0.29, 0.717) is 24.0 Å². The van der Waals surface area contributed by atoms with Crippen molar-refractivity contribution in [2.24, 2.45) is 0 Å². The van der Waals surface area contributed by atoms with Crippen LogP contribution in [0.3, 0.4) is 0 Å². The number of nitrogens with one attached hydrogen (secondary N) is 2. The fourth-order valence-electron chi connectivity index (χ4n) is 5.72. The molecule has 1 fully saturated rings. The average Bonchev–Trinajstić information content (AvgIpc) is 3.69. The summed E-state index contributed by atoms with van der Waals surface area (Å²) >= 11 is 0. The molecule has 2 aliphatic rings. The molecule has 0 spiro atoms. The second kappa shape index (κ2) is 9.32. The lowest BCUT2D eigenvalue weighted by Gasteiger charge is -2.32. The Balaban J connectivity index is 1.33. The van der Waals surface area contributed by atoms with Gasteiger partial charge in [0.1, 0.15) is 11.3 Å². The number of hydrogen-bond donors (Lipinski definition) is 4. The molecule has 5 N–H and O–H groups in total. The number of anilines is 1. The van der Waals surface area contributed by atoms with Crippen molar-refractivity contribution in [3.63, 3.8) is 0 Å². The third kappa shape index (κ3) is 3.94. The topological polar surface area (TPSA) is 132 Å². The maximum atomic E-state index is 10.4. The molecule has 10 nitrogen and oxygen atoms in total. The highest BCUT2D eigenvalue weighted by Gasteiger charge is 2.30. The maximum absolute atomic E-state index is 10.4. The van der Waals surface area contributed by atoms with Crippen molar-refractivity contribution >= 4 is 17.0 Å². The minimum atomic E-state index is -0.369. The molecule has 5 heterocycles. The molecule has 1 saturated heterocycles. The number of nitrogens with two attached hydrogens (primary N) is 1.